The lowest BCUT2D eigenvalue weighted by Crippen LogP contribution is -2.39. The average molecular weight is 809 g/mol. The topological polar surface area (TPSA) is 142 Å². The first-order valence-corrected chi connectivity index (χ1v) is 20.5. The molecule has 5 aromatic rings. The van der Waals surface area contributed by atoms with Gasteiger partial charge in [0.25, 0.3) is 8.53 Å². The molecule has 1 aliphatic rings. The van der Waals surface area contributed by atoms with Gasteiger partial charge >= 0.3 is 0 Å². The lowest BCUT2D eigenvalue weighted by molar-refractivity contribution is -0.0931. The maximum absolute atomic E-state index is 9.40. The molecule has 14 nitrogen and oxygen atoms in total. The van der Waals surface area contributed by atoms with E-state index < -0.39 is 32.6 Å². The number of rotatable bonds is 19. The summed E-state index contributed by atoms with van der Waals surface area (Å²) < 4.78 is 42.9. The van der Waals surface area contributed by atoms with Gasteiger partial charge < -0.3 is 32.9 Å². The highest BCUT2D eigenvalue weighted by Gasteiger charge is 2.45. The van der Waals surface area contributed by atoms with Crippen LogP contribution in [0.5, 0.6) is 11.5 Å². The molecular weight excluding hydrogens is 755 g/mol. The Kier molecular flexibility index (Phi) is 14.4. The molecule has 2 aromatic heterocycles. The van der Waals surface area contributed by atoms with Gasteiger partial charge in [0.2, 0.25) is 0 Å². The van der Waals surface area contributed by atoms with Crippen LogP contribution in [0, 0.1) is 11.3 Å². The molecule has 0 amide bonds. The molecule has 1 saturated heterocycles. The normalized spacial score (nSPS) is 17.7. The Morgan fingerprint density at radius 3 is 2.12 bits per heavy atom. The quantitative estimate of drug-likeness (QED) is 0.0262. The molecule has 1 fully saturated rings. The van der Waals surface area contributed by atoms with Crippen LogP contribution >= 0.6 is 8.53 Å². The van der Waals surface area contributed by atoms with Crippen molar-refractivity contribution >= 4 is 31.7 Å². The van der Waals surface area contributed by atoms with Crippen LogP contribution in [0.1, 0.15) is 63.5 Å². The molecular formula is C43H53N8O6P. The zero-order chi connectivity index (χ0) is 41.2. The van der Waals surface area contributed by atoms with Crippen molar-refractivity contribution in [2.24, 2.45) is 4.99 Å². The van der Waals surface area contributed by atoms with E-state index in [-0.39, 0.29) is 31.7 Å². The highest BCUT2D eigenvalue weighted by molar-refractivity contribution is 7.44. The molecule has 0 N–H and O–H groups in total. The largest absolute Gasteiger partial charge is 0.497 e. The summed E-state index contributed by atoms with van der Waals surface area (Å²) >= 11 is 0. The fourth-order valence-corrected chi connectivity index (χ4v) is 8.89. The highest BCUT2D eigenvalue weighted by atomic mass is 31.2. The second-order valence-corrected chi connectivity index (χ2v) is 16.0. The third kappa shape index (κ3) is 9.48. The number of benzene rings is 3. The second-order valence-electron chi connectivity index (χ2n) is 14.6. The number of aromatic nitrogens is 4. The van der Waals surface area contributed by atoms with E-state index in [1.54, 1.807) is 31.4 Å². The molecule has 1 aliphatic heterocycles. The van der Waals surface area contributed by atoms with Crippen molar-refractivity contribution in [3.05, 3.63) is 108 Å². The van der Waals surface area contributed by atoms with E-state index in [2.05, 4.69) is 65.5 Å². The first-order chi connectivity index (χ1) is 28.1. The van der Waals surface area contributed by atoms with Crippen molar-refractivity contribution in [3.8, 4) is 17.6 Å². The number of hydrogen-bond donors (Lipinski definition) is 0. The standard InChI is InChI=1S/C43H53N8O6P/c1-30(2)51(31(3)4)58(55-24-12-23-44)57-38-25-40(50-42-37(26-48-50)41(45-28-46-42)47-29-49(5)6)56-39(38)27-54-43(32-13-10-9-11-14-32,33-15-19-35(52-7)20-16-33)34-17-21-36(53-8)22-18-34/h9-11,13-22,26,28-31,38-40H,12,24-25,27H2,1-8H3/b47-29+/t38?,39-,40-,58?/m1/s1. The Labute approximate surface area is 342 Å². The van der Waals surface area contributed by atoms with Gasteiger partial charge in [-0.2, -0.15) is 10.4 Å². The van der Waals surface area contributed by atoms with Gasteiger partial charge in [-0.25, -0.2) is 24.3 Å². The first kappa shape index (κ1) is 42.6. The van der Waals surface area contributed by atoms with Crippen LogP contribution in [0.2, 0.25) is 0 Å². The molecule has 0 spiro atoms. The summed E-state index contributed by atoms with van der Waals surface area (Å²) in [4.78, 5) is 15.4. The number of nitriles is 1. The summed E-state index contributed by atoms with van der Waals surface area (Å²) in [6.45, 7) is 8.82. The van der Waals surface area contributed by atoms with E-state index in [0.717, 1.165) is 28.2 Å². The van der Waals surface area contributed by atoms with Crippen LogP contribution in [-0.4, -0.2) is 101 Å². The molecule has 2 unspecified atom stereocenters. The van der Waals surface area contributed by atoms with Crippen molar-refractivity contribution in [1.82, 2.24) is 29.3 Å². The van der Waals surface area contributed by atoms with Gasteiger partial charge in [-0.05, 0) is 68.7 Å². The minimum absolute atomic E-state index is 0.102. The van der Waals surface area contributed by atoms with Crippen molar-refractivity contribution in [1.29, 1.82) is 5.26 Å². The lowest BCUT2D eigenvalue weighted by atomic mass is 9.80. The monoisotopic (exact) mass is 808 g/mol. The van der Waals surface area contributed by atoms with E-state index in [1.807, 2.05) is 85.7 Å². The summed E-state index contributed by atoms with van der Waals surface area (Å²) in [5, 5.41) is 14.8. The molecule has 0 bridgehead atoms. The van der Waals surface area contributed by atoms with Gasteiger partial charge in [-0.3, -0.25) is 0 Å². The van der Waals surface area contributed by atoms with Crippen molar-refractivity contribution < 1.29 is 28.0 Å². The number of nitrogens with zero attached hydrogens (tertiary/aromatic N) is 8. The molecule has 3 aromatic carbocycles. The Balaban J connectivity index is 1.44. The first-order valence-electron chi connectivity index (χ1n) is 19.4. The van der Waals surface area contributed by atoms with Crippen LogP contribution in [0.4, 0.5) is 5.82 Å². The highest BCUT2D eigenvalue weighted by Crippen LogP contribution is 2.51. The van der Waals surface area contributed by atoms with Crippen molar-refractivity contribution in [2.45, 2.75) is 76.7 Å². The third-order valence-corrected chi connectivity index (χ3v) is 11.9. The molecule has 6 rings (SSSR count). The van der Waals surface area contributed by atoms with E-state index >= 15 is 0 Å². The molecule has 306 valence electrons. The molecule has 0 aliphatic carbocycles. The third-order valence-electron chi connectivity index (χ3n) is 9.76. The predicted octanol–water partition coefficient (Wildman–Crippen LogP) is 8.02. The van der Waals surface area contributed by atoms with Gasteiger partial charge in [-0.1, -0.05) is 54.6 Å². The van der Waals surface area contributed by atoms with E-state index in [9.17, 15) is 5.26 Å². The van der Waals surface area contributed by atoms with E-state index in [1.165, 1.54) is 6.33 Å². The summed E-state index contributed by atoms with van der Waals surface area (Å²) in [7, 11) is 5.48. The van der Waals surface area contributed by atoms with Crippen LogP contribution < -0.4 is 9.47 Å². The van der Waals surface area contributed by atoms with E-state index in [4.69, 9.17) is 33.1 Å². The average Bonchev–Trinajstić information content (AvgIpc) is 3.85. The Bertz CT molecular complexity index is 2070. The van der Waals surface area contributed by atoms with Gasteiger partial charge in [-0.15, -0.1) is 0 Å². The summed E-state index contributed by atoms with van der Waals surface area (Å²) in [6, 6.07) is 28.4. The SMILES string of the molecule is COc1ccc(C(OC[C@H]2O[C@@H](n3ncc4c(/N=C/N(C)C)ncnc43)CC2OP(OCCC#N)N(C(C)C)C(C)C)(c2ccccc2)c2ccc(OC)cc2)cc1. The van der Waals surface area contributed by atoms with Gasteiger partial charge in [0.05, 0.1) is 63.9 Å². The zero-order valence-corrected chi connectivity index (χ0v) is 35.3. The van der Waals surface area contributed by atoms with Gasteiger partial charge in [0.1, 0.15) is 29.5 Å². The summed E-state index contributed by atoms with van der Waals surface area (Å²) in [6.07, 6.45) is 3.86. The van der Waals surface area contributed by atoms with Gasteiger partial charge in [0, 0.05) is 32.6 Å². The summed E-state index contributed by atoms with van der Waals surface area (Å²) in [5.41, 5.74) is 2.20. The molecule has 0 radical (unpaired) electrons. The Hall–Kier alpha value is -5.00. The minimum Gasteiger partial charge on any atom is -0.497 e. The van der Waals surface area contributed by atoms with Crippen molar-refractivity contribution in [2.75, 3.05) is 41.5 Å². The van der Waals surface area contributed by atoms with Crippen LogP contribution in [0.15, 0.2) is 96.4 Å². The fourth-order valence-electron chi connectivity index (χ4n) is 7.14. The second kappa shape index (κ2) is 19.6. The molecule has 4 atom stereocenters. The molecule has 0 saturated carbocycles. The number of ether oxygens (including phenoxy) is 4. The van der Waals surface area contributed by atoms with Crippen LogP contribution in [-0.2, 0) is 24.1 Å². The van der Waals surface area contributed by atoms with E-state index in [0.29, 0.717) is 23.3 Å². The molecule has 3 heterocycles. The smallest absolute Gasteiger partial charge is 0.259 e. The maximum Gasteiger partial charge on any atom is 0.259 e. The van der Waals surface area contributed by atoms with Crippen LogP contribution in [0.25, 0.3) is 11.0 Å². The Morgan fingerprint density at radius 2 is 1.55 bits per heavy atom. The minimum atomic E-state index is -1.62. The number of hydrogen-bond acceptors (Lipinski definition) is 12. The predicted molar refractivity (Wildman–Crippen MR) is 224 cm³/mol. The maximum atomic E-state index is 9.40. The number of fused-ring (bicyclic) bond motifs is 1. The van der Waals surface area contributed by atoms with Gasteiger partial charge in [0.15, 0.2) is 17.7 Å². The number of aliphatic imine (C=N–C) groups is 1. The number of methoxy groups -OCH3 is 2. The Morgan fingerprint density at radius 1 is 0.931 bits per heavy atom. The fraction of sp³-hybridized carbons (Fsp3) is 0.419. The zero-order valence-electron chi connectivity index (χ0n) is 34.4. The van der Waals surface area contributed by atoms with Crippen molar-refractivity contribution in [3.63, 3.8) is 0 Å². The molecule has 58 heavy (non-hydrogen) atoms. The molecule has 15 heteroatoms. The van der Waals surface area contributed by atoms with Crippen LogP contribution in [0.3, 0.4) is 0 Å². The summed E-state index contributed by atoms with van der Waals surface area (Å²) in [5.74, 6) is 1.96. The lowest BCUT2D eigenvalue weighted by Gasteiger charge is -2.39.